The van der Waals surface area contributed by atoms with E-state index in [1.54, 1.807) is 23.7 Å². The highest BCUT2D eigenvalue weighted by Crippen LogP contribution is 2.49. The second-order valence-corrected chi connectivity index (χ2v) is 10.0. The van der Waals surface area contributed by atoms with Crippen LogP contribution >= 0.6 is 23.5 Å². The lowest BCUT2D eigenvalue weighted by molar-refractivity contribution is -0.131. The molecule has 31 heavy (non-hydrogen) atoms. The molecule has 0 aliphatic carbocycles. The fourth-order valence-electron chi connectivity index (χ4n) is 3.87. The minimum atomic E-state index is -0.0100. The first-order valence-corrected chi connectivity index (χ1v) is 11.8. The number of amides is 2. The SMILES string of the molecule is CN=C1S/C(=C2\SC3=C(CCN(C(=O)CN(C)C)C3)N2C)C(=O)N1Cc1ccccc1. The minimum Gasteiger partial charge on any atom is -0.341 e. The Morgan fingerprint density at radius 1 is 1.19 bits per heavy atom. The lowest BCUT2D eigenvalue weighted by Gasteiger charge is -2.30. The normalized spacial score (nSPS) is 22.9. The molecular formula is C22H27N5O2S2. The average molecular weight is 458 g/mol. The van der Waals surface area contributed by atoms with Crippen molar-refractivity contribution in [3.8, 4) is 0 Å². The zero-order chi connectivity index (χ0) is 22.1. The molecule has 1 aromatic rings. The summed E-state index contributed by atoms with van der Waals surface area (Å²) in [6.45, 7) is 2.23. The lowest BCUT2D eigenvalue weighted by atomic mass is 10.2. The van der Waals surface area contributed by atoms with Gasteiger partial charge in [0.1, 0.15) is 4.91 Å². The Bertz CT molecular complexity index is 987. The molecule has 0 unspecified atom stereocenters. The van der Waals surface area contributed by atoms with Gasteiger partial charge < -0.3 is 14.7 Å². The minimum absolute atomic E-state index is 0.0100. The van der Waals surface area contributed by atoms with E-state index >= 15 is 0 Å². The van der Waals surface area contributed by atoms with E-state index in [4.69, 9.17) is 0 Å². The monoisotopic (exact) mass is 457 g/mol. The summed E-state index contributed by atoms with van der Waals surface area (Å²) in [5, 5.41) is 1.66. The molecule has 1 fully saturated rings. The van der Waals surface area contributed by atoms with E-state index in [-0.39, 0.29) is 11.8 Å². The largest absolute Gasteiger partial charge is 0.341 e. The Hall–Kier alpha value is -2.23. The van der Waals surface area contributed by atoms with Gasteiger partial charge in [-0.25, -0.2) is 0 Å². The third-order valence-corrected chi connectivity index (χ3v) is 8.01. The summed E-state index contributed by atoms with van der Waals surface area (Å²) in [4.78, 5) is 39.8. The Kier molecular flexibility index (Phi) is 6.45. The molecule has 0 radical (unpaired) electrons. The molecule has 0 N–H and O–H groups in total. The second-order valence-electron chi connectivity index (χ2n) is 7.95. The van der Waals surface area contributed by atoms with Crippen LogP contribution in [-0.2, 0) is 16.1 Å². The van der Waals surface area contributed by atoms with Gasteiger partial charge in [0, 0.05) is 37.7 Å². The Balaban J connectivity index is 1.54. The Morgan fingerprint density at radius 2 is 1.94 bits per heavy atom. The van der Waals surface area contributed by atoms with Crippen molar-refractivity contribution in [1.82, 2.24) is 19.6 Å². The van der Waals surface area contributed by atoms with Gasteiger partial charge >= 0.3 is 0 Å². The number of thioether (sulfide) groups is 2. The van der Waals surface area contributed by atoms with Gasteiger partial charge in [0.05, 0.1) is 24.7 Å². The maximum absolute atomic E-state index is 13.3. The summed E-state index contributed by atoms with van der Waals surface area (Å²) in [6.07, 6.45) is 0.802. The first-order valence-electron chi connectivity index (χ1n) is 10.2. The summed E-state index contributed by atoms with van der Waals surface area (Å²) in [7, 11) is 7.56. The molecule has 164 valence electrons. The van der Waals surface area contributed by atoms with E-state index in [0.717, 1.165) is 27.1 Å². The zero-order valence-corrected chi connectivity index (χ0v) is 19.9. The first kappa shape index (κ1) is 22.0. The maximum atomic E-state index is 13.3. The van der Waals surface area contributed by atoms with Gasteiger partial charge in [0.15, 0.2) is 5.17 Å². The van der Waals surface area contributed by atoms with Crippen molar-refractivity contribution in [1.29, 1.82) is 0 Å². The van der Waals surface area contributed by atoms with Crippen LogP contribution in [0.5, 0.6) is 0 Å². The Labute approximate surface area is 191 Å². The molecule has 7 nitrogen and oxygen atoms in total. The van der Waals surface area contributed by atoms with E-state index in [2.05, 4.69) is 9.89 Å². The van der Waals surface area contributed by atoms with E-state index in [9.17, 15) is 9.59 Å². The van der Waals surface area contributed by atoms with Gasteiger partial charge in [0.25, 0.3) is 5.91 Å². The first-order chi connectivity index (χ1) is 14.9. The van der Waals surface area contributed by atoms with E-state index in [0.29, 0.717) is 31.1 Å². The number of rotatable bonds is 4. The summed E-state index contributed by atoms with van der Waals surface area (Å²) >= 11 is 3.06. The van der Waals surface area contributed by atoms with Crippen molar-refractivity contribution >= 4 is 40.5 Å². The van der Waals surface area contributed by atoms with Crippen LogP contribution in [0.15, 0.2) is 55.9 Å². The molecule has 0 saturated carbocycles. The van der Waals surface area contributed by atoms with Crippen molar-refractivity contribution < 1.29 is 9.59 Å². The van der Waals surface area contributed by atoms with Gasteiger partial charge in [0.2, 0.25) is 5.91 Å². The molecule has 4 rings (SSSR count). The third kappa shape index (κ3) is 4.40. The fraction of sp³-hybridized carbons (Fsp3) is 0.409. The van der Waals surface area contributed by atoms with Gasteiger partial charge in [-0.15, -0.1) is 0 Å². The van der Waals surface area contributed by atoms with Crippen LogP contribution in [-0.4, -0.2) is 84.4 Å². The molecule has 0 bridgehead atoms. The van der Waals surface area contributed by atoms with Crippen molar-refractivity contribution in [3.63, 3.8) is 0 Å². The van der Waals surface area contributed by atoms with Crippen LogP contribution in [0.2, 0.25) is 0 Å². The Morgan fingerprint density at radius 3 is 2.61 bits per heavy atom. The summed E-state index contributed by atoms with van der Waals surface area (Å²) in [6, 6.07) is 9.97. The number of hydrogen-bond donors (Lipinski definition) is 0. The van der Waals surface area contributed by atoms with E-state index < -0.39 is 0 Å². The number of carbonyl (C=O) groups is 2. The molecule has 1 saturated heterocycles. The number of aliphatic imine (C=N–C) groups is 1. The molecule has 0 spiro atoms. The van der Waals surface area contributed by atoms with E-state index in [1.807, 2.05) is 61.3 Å². The predicted octanol–water partition coefficient (Wildman–Crippen LogP) is 2.60. The molecule has 3 aliphatic heterocycles. The number of benzene rings is 1. The predicted molar refractivity (Wildman–Crippen MR) is 127 cm³/mol. The zero-order valence-electron chi connectivity index (χ0n) is 18.3. The van der Waals surface area contributed by atoms with Crippen molar-refractivity contribution in [2.24, 2.45) is 4.99 Å². The number of hydrogen-bond acceptors (Lipinski definition) is 7. The highest BCUT2D eigenvalue weighted by Gasteiger charge is 2.40. The van der Waals surface area contributed by atoms with Gasteiger partial charge in [-0.2, -0.15) is 0 Å². The summed E-state index contributed by atoms with van der Waals surface area (Å²) < 4.78 is 0. The second kappa shape index (κ2) is 9.10. The summed E-state index contributed by atoms with van der Waals surface area (Å²) in [5.74, 6) is 0.130. The van der Waals surface area contributed by atoms with E-state index in [1.165, 1.54) is 17.5 Å². The topological polar surface area (TPSA) is 59.5 Å². The molecule has 9 heteroatoms. The van der Waals surface area contributed by atoms with Crippen LogP contribution in [0.1, 0.15) is 12.0 Å². The summed E-state index contributed by atoms with van der Waals surface area (Å²) in [5.41, 5.74) is 2.29. The molecular weight excluding hydrogens is 430 g/mol. The van der Waals surface area contributed by atoms with Crippen LogP contribution in [0.3, 0.4) is 0 Å². The molecule has 3 heterocycles. The highest BCUT2D eigenvalue weighted by atomic mass is 32.2. The van der Waals surface area contributed by atoms with Gasteiger partial charge in [-0.3, -0.25) is 19.5 Å². The van der Waals surface area contributed by atoms with Gasteiger partial charge in [-0.05, 0) is 31.4 Å². The average Bonchev–Trinajstić information content (AvgIpc) is 3.24. The van der Waals surface area contributed by atoms with Crippen LogP contribution < -0.4 is 0 Å². The molecule has 2 amide bonds. The van der Waals surface area contributed by atoms with Crippen molar-refractivity contribution in [2.75, 3.05) is 47.8 Å². The lowest BCUT2D eigenvalue weighted by Crippen LogP contribution is -2.41. The molecule has 1 aromatic carbocycles. The quantitative estimate of drug-likeness (QED) is 0.648. The van der Waals surface area contributed by atoms with Crippen molar-refractivity contribution in [3.05, 3.63) is 56.4 Å². The van der Waals surface area contributed by atoms with Crippen molar-refractivity contribution in [2.45, 2.75) is 13.0 Å². The standard InChI is InChI=1S/C22H27N5O2S2/c1-23-22-27(12-15-8-6-5-7-9-15)20(29)19(31-22)21-25(4)16-10-11-26(13-17(16)30-21)18(28)14-24(2)3/h5-9H,10-14H2,1-4H3/b21-19-,23-22?. The smallest absolute Gasteiger partial charge is 0.269 e. The maximum Gasteiger partial charge on any atom is 0.269 e. The molecule has 0 aromatic heterocycles. The van der Waals surface area contributed by atoms with Crippen LogP contribution in [0.4, 0.5) is 0 Å². The highest BCUT2D eigenvalue weighted by molar-refractivity contribution is 8.19. The fourth-order valence-corrected chi connectivity index (χ4v) is 6.31. The molecule has 3 aliphatic rings. The number of nitrogens with zero attached hydrogens (tertiary/aromatic N) is 5. The number of amidine groups is 1. The van der Waals surface area contributed by atoms with Crippen LogP contribution in [0.25, 0.3) is 0 Å². The third-order valence-electron chi connectivity index (χ3n) is 5.44. The number of likely N-dealkylation sites (N-methyl/N-ethyl adjacent to an activating group) is 1. The van der Waals surface area contributed by atoms with Gasteiger partial charge in [-0.1, -0.05) is 42.1 Å². The number of carbonyl (C=O) groups excluding carboxylic acids is 2. The molecule has 0 atom stereocenters. The van der Waals surface area contributed by atoms with Crippen LogP contribution in [0, 0.1) is 0 Å².